The third-order valence-electron chi connectivity index (χ3n) is 3.60. The number of nitrogens with zero attached hydrogens (tertiary/aromatic N) is 1. The Kier molecular flexibility index (Phi) is 5.20. The number of hydrogen-bond donors (Lipinski definition) is 1. The zero-order valence-electron chi connectivity index (χ0n) is 13.0. The summed E-state index contributed by atoms with van der Waals surface area (Å²) in [4.78, 5) is 11.8. The van der Waals surface area contributed by atoms with Gasteiger partial charge in [-0.05, 0) is 24.0 Å². The largest absolute Gasteiger partial charge is 0.377 e. The molecule has 0 bridgehead atoms. The lowest BCUT2D eigenvalue weighted by Gasteiger charge is -2.24. The van der Waals surface area contributed by atoms with E-state index in [-0.39, 0.29) is 11.6 Å². The average molecular weight is 284 g/mol. The van der Waals surface area contributed by atoms with E-state index in [0.717, 1.165) is 18.7 Å². The zero-order valence-corrected chi connectivity index (χ0v) is 13.0. The summed E-state index contributed by atoms with van der Waals surface area (Å²) in [6.45, 7) is 7.24. The number of pyridine rings is 1. The molecule has 1 aromatic heterocycles. The van der Waals surface area contributed by atoms with Gasteiger partial charge in [0.25, 0.3) is 5.56 Å². The molecule has 1 aromatic carbocycles. The summed E-state index contributed by atoms with van der Waals surface area (Å²) in [5, 5.41) is 3.56. The van der Waals surface area contributed by atoms with E-state index in [9.17, 15) is 4.79 Å². The molecule has 2 rings (SSSR count). The molecule has 0 aliphatic carbocycles. The third-order valence-corrected chi connectivity index (χ3v) is 3.60. The molecule has 0 spiro atoms. The van der Waals surface area contributed by atoms with E-state index < -0.39 is 0 Å². The minimum atomic E-state index is 0.0585. The molecule has 21 heavy (non-hydrogen) atoms. The van der Waals surface area contributed by atoms with E-state index in [1.54, 1.807) is 10.6 Å². The Morgan fingerprint density at radius 2 is 1.81 bits per heavy atom. The molecule has 0 aliphatic rings. The number of aromatic nitrogens is 1. The Balaban J connectivity index is 2.25. The van der Waals surface area contributed by atoms with Gasteiger partial charge >= 0.3 is 0 Å². The van der Waals surface area contributed by atoms with Gasteiger partial charge in [-0.25, -0.2) is 0 Å². The number of nitrogens with one attached hydrogen (secondary N) is 1. The smallest absolute Gasteiger partial charge is 0.250 e. The van der Waals surface area contributed by atoms with Crippen LogP contribution in [-0.2, 0) is 6.54 Å². The summed E-state index contributed by atoms with van der Waals surface area (Å²) in [6, 6.07) is 14.2. The molecule has 0 amide bonds. The highest BCUT2D eigenvalue weighted by Gasteiger charge is 2.15. The van der Waals surface area contributed by atoms with Crippen LogP contribution < -0.4 is 10.9 Å². The van der Waals surface area contributed by atoms with Gasteiger partial charge in [0.05, 0.1) is 11.7 Å². The fraction of sp³-hybridized carbons (Fsp3) is 0.389. The second kappa shape index (κ2) is 7.11. The van der Waals surface area contributed by atoms with Crippen LogP contribution in [0.4, 0.5) is 5.69 Å². The predicted molar refractivity (Wildman–Crippen MR) is 88.6 cm³/mol. The van der Waals surface area contributed by atoms with Crippen molar-refractivity contribution < 1.29 is 0 Å². The Bertz CT molecular complexity index is 617. The third kappa shape index (κ3) is 3.97. The van der Waals surface area contributed by atoms with E-state index in [4.69, 9.17) is 0 Å². The van der Waals surface area contributed by atoms with Gasteiger partial charge in [-0.1, -0.05) is 51.1 Å². The maximum absolute atomic E-state index is 11.8. The van der Waals surface area contributed by atoms with Gasteiger partial charge in [-0.15, -0.1) is 0 Å². The van der Waals surface area contributed by atoms with Crippen molar-refractivity contribution in [2.45, 2.75) is 39.8 Å². The second-order valence-electron chi connectivity index (χ2n) is 5.73. The Labute approximate surface area is 126 Å². The van der Waals surface area contributed by atoms with Gasteiger partial charge in [0, 0.05) is 18.8 Å². The van der Waals surface area contributed by atoms with Crippen molar-refractivity contribution in [3.63, 3.8) is 0 Å². The van der Waals surface area contributed by atoms with E-state index in [1.165, 1.54) is 5.56 Å². The Morgan fingerprint density at radius 1 is 1.10 bits per heavy atom. The van der Waals surface area contributed by atoms with Crippen LogP contribution in [0.3, 0.4) is 0 Å². The molecule has 3 nitrogen and oxygen atoms in total. The summed E-state index contributed by atoms with van der Waals surface area (Å²) >= 11 is 0. The SMILES string of the molecule is CCCn1cc(NC(c2ccccc2)C(C)C)ccc1=O. The first-order valence-corrected chi connectivity index (χ1v) is 7.63. The molecular formula is C18H24N2O. The van der Waals surface area contributed by atoms with Crippen LogP contribution in [0.15, 0.2) is 53.5 Å². The Hall–Kier alpha value is -2.03. The molecule has 0 radical (unpaired) electrons. The van der Waals surface area contributed by atoms with Crippen molar-refractivity contribution in [1.29, 1.82) is 0 Å². The van der Waals surface area contributed by atoms with Crippen molar-refractivity contribution in [1.82, 2.24) is 4.57 Å². The molecule has 0 saturated heterocycles. The van der Waals surface area contributed by atoms with Crippen LogP contribution in [0.25, 0.3) is 0 Å². The molecule has 112 valence electrons. The van der Waals surface area contributed by atoms with Crippen molar-refractivity contribution in [3.8, 4) is 0 Å². The van der Waals surface area contributed by atoms with Crippen LogP contribution in [0.5, 0.6) is 0 Å². The fourth-order valence-electron chi connectivity index (χ4n) is 2.51. The summed E-state index contributed by atoms with van der Waals surface area (Å²) < 4.78 is 1.77. The maximum atomic E-state index is 11.8. The summed E-state index contributed by atoms with van der Waals surface area (Å²) in [5.74, 6) is 0.457. The van der Waals surface area contributed by atoms with E-state index in [2.05, 4.69) is 50.4 Å². The summed E-state index contributed by atoms with van der Waals surface area (Å²) in [6.07, 6.45) is 2.87. The van der Waals surface area contributed by atoms with Gasteiger partial charge in [0.15, 0.2) is 0 Å². The number of aryl methyl sites for hydroxylation is 1. The minimum absolute atomic E-state index is 0.0585. The molecule has 0 saturated carbocycles. The lowest BCUT2D eigenvalue weighted by atomic mass is 9.96. The van der Waals surface area contributed by atoms with Crippen molar-refractivity contribution in [3.05, 3.63) is 64.6 Å². The van der Waals surface area contributed by atoms with Crippen molar-refractivity contribution >= 4 is 5.69 Å². The second-order valence-corrected chi connectivity index (χ2v) is 5.73. The van der Waals surface area contributed by atoms with Gasteiger partial charge < -0.3 is 9.88 Å². The molecule has 1 unspecified atom stereocenters. The quantitative estimate of drug-likeness (QED) is 0.867. The van der Waals surface area contributed by atoms with Crippen LogP contribution in [-0.4, -0.2) is 4.57 Å². The van der Waals surface area contributed by atoms with Crippen LogP contribution in [0, 0.1) is 5.92 Å². The minimum Gasteiger partial charge on any atom is -0.377 e. The molecule has 3 heteroatoms. The number of hydrogen-bond acceptors (Lipinski definition) is 2. The number of benzene rings is 1. The normalized spacial score (nSPS) is 12.4. The lowest BCUT2D eigenvalue weighted by molar-refractivity contribution is 0.545. The monoisotopic (exact) mass is 284 g/mol. The van der Waals surface area contributed by atoms with Gasteiger partial charge in [-0.2, -0.15) is 0 Å². The standard InChI is InChI=1S/C18H24N2O/c1-4-12-20-13-16(10-11-17(20)21)19-18(14(2)3)15-8-6-5-7-9-15/h5-11,13-14,18-19H,4,12H2,1-3H3. The number of anilines is 1. The topological polar surface area (TPSA) is 34.0 Å². The highest BCUT2D eigenvalue weighted by atomic mass is 16.1. The van der Waals surface area contributed by atoms with E-state index in [1.807, 2.05) is 18.3 Å². The zero-order chi connectivity index (χ0) is 15.2. The average Bonchev–Trinajstić information content (AvgIpc) is 2.48. The summed E-state index contributed by atoms with van der Waals surface area (Å²) in [7, 11) is 0. The molecule has 1 heterocycles. The fourth-order valence-corrected chi connectivity index (χ4v) is 2.51. The van der Waals surface area contributed by atoms with E-state index >= 15 is 0 Å². The van der Waals surface area contributed by atoms with Crippen LogP contribution in [0.2, 0.25) is 0 Å². The first kappa shape index (κ1) is 15.4. The first-order chi connectivity index (χ1) is 10.1. The molecule has 0 fully saturated rings. The molecule has 2 aromatic rings. The van der Waals surface area contributed by atoms with Crippen LogP contribution in [0.1, 0.15) is 38.8 Å². The van der Waals surface area contributed by atoms with Crippen molar-refractivity contribution in [2.75, 3.05) is 5.32 Å². The summed E-state index contributed by atoms with van der Waals surface area (Å²) in [5.41, 5.74) is 2.31. The molecule has 0 aliphatic heterocycles. The first-order valence-electron chi connectivity index (χ1n) is 7.63. The number of rotatable bonds is 6. The molecule has 1 N–H and O–H groups in total. The lowest BCUT2D eigenvalue weighted by Crippen LogP contribution is -2.21. The van der Waals surface area contributed by atoms with Crippen molar-refractivity contribution in [2.24, 2.45) is 5.92 Å². The van der Waals surface area contributed by atoms with Gasteiger partial charge in [-0.3, -0.25) is 4.79 Å². The highest BCUT2D eigenvalue weighted by molar-refractivity contribution is 5.43. The van der Waals surface area contributed by atoms with Gasteiger partial charge in [0.1, 0.15) is 0 Å². The highest BCUT2D eigenvalue weighted by Crippen LogP contribution is 2.25. The van der Waals surface area contributed by atoms with Gasteiger partial charge in [0.2, 0.25) is 0 Å². The van der Waals surface area contributed by atoms with Crippen LogP contribution >= 0.6 is 0 Å². The molecular weight excluding hydrogens is 260 g/mol. The Morgan fingerprint density at radius 3 is 2.43 bits per heavy atom. The maximum Gasteiger partial charge on any atom is 0.250 e. The van der Waals surface area contributed by atoms with E-state index in [0.29, 0.717) is 5.92 Å². The molecule has 1 atom stereocenters. The predicted octanol–water partition coefficient (Wildman–Crippen LogP) is 4.07.